The van der Waals surface area contributed by atoms with Gasteiger partial charge in [0.1, 0.15) is 5.58 Å². The second-order valence-corrected chi connectivity index (χ2v) is 6.33. The lowest BCUT2D eigenvalue weighted by molar-refractivity contribution is -0.126. The highest BCUT2D eigenvalue weighted by molar-refractivity contribution is 6.31. The molecule has 1 heterocycles. The van der Waals surface area contributed by atoms with Crippen LogP contribution in [0, 0.1) is 5.92 Å². The first-order chi connectivity index (χ1) is 11.5. The molecule has 0 atom stereocenters. The summed E-state index contributed by atoms with van der Waals surface area (Å²) in [6.45, 7) is 0. The molecule has 2 aromatic rings. The highest BCUT2D eigenvalue weighted by atomic mass is 35.5. The van der Waals surface area contributed by atoms with Crippen molar-refractivity contribution in [2.45, 2.75) is 32.1 Å². The van der Waals surface area contributed by atoms with Gasteiger partial charge in [-0.05, 0) is 31.0 Å². The fourth-order valence-electron chi connectivity index (χ4n) is 2.89. The zero-order chi connectivity index (χ0) is 17.1. The van der Waals surface area contributed by atoms with Crippen molar-refractivity contribution in [3.05, 3.63) is 45.3 Å². The molecule has 6 nitrogen and oxygen atoms in total. The topological polar surface area (TPSA) is 88.4 Å². The molecule has 126 valence electrons. The number of hydrogen-bond donors (Lipinski definition) is 2. The Labute approximate surface area is 143 Å². The molecule has 3 rings (SSSR count). The first-order valence-electron chi connectivity index (χ1n) is 7.88. The number of carbonyl (C=O) groups excluding carboxylic acids is 2. The highest BCUT2D eigenvalue weighted by Gasteiger charge is 2.22. The van der Waals surface area contributed by atoms with Crippen LogP contribution < -0.4 is 16.3 Å². The molecule has 2 N–H and O–H groups in total. The van der Waals surface area contributed by atoms with Gasteiger partial charge in [-0.2, -0.15) is 0 Å². The Morgan fingerprint density at radius 3 is 2.58 bits per heavy atom. The predicted molar refractivity (Wildman–Crippen MR) is 89.7 cm³/mol. The molecule has 0 radical (unpaired) electrons. The predicted octanol–water partition coefficient (Wildman–Crippen LogP) is 2.79. The molecule has 0 spiro atoms. The third-order valence-corrected chi connectivity index (χ3v) is 4.42. The molecule has 1 fully saturated rings. The van der Waals surface area contributed by atoms with Gasteiger partial charge >= 0.3 is 5.91 Å². The van der Waals surface area contributed by atoms with Crippen molar-refractivity contribution in [1.29, 1.82) is 0 Å². The van der Waals surface area contributed by atoms with Crippen LogP contribution in [0.25, 0.3) is 11.0 Å². The minimum Gasteiger partial charge on any atom is -0.451 e. The average Bonchev–Trinajstić information content (AvgIpc) is 2.60. The summed E-state index contributed by atoms with van der Waals surface area (Å²) >= 11 is 5.84. The lowest BCUT2D eigenvalue weighted by Gasteiger charge is -2.20. The number of carbonyl (C=O) groups is 2. The second kappa shape index (κ2) is 7.05. The summed E-state index contributed by atoms with van der Waals surface area (Å²) in [6.07, 6.45) is 4.84. The smallest absolute Gasteiger partial charge is 0.305 e. The lowest BCUT2D eigenvalue weighted by Crippen LogP contribution is -2.45. The molecule has 24 heavy (non-hydrogen) atoms. The van der Waals surface area contributed by atoms with E-state index in [0.717, 1.165) is 38.2 Å². The van der Waals surface area contributed by atoms with Gasteiger partial charge < -0.3 is 4.42 Å². The normalized spacial score (nSPS) is 15.2. The molecule has 1 aromatic heterocycles. The van der Waals surface area contributed by atoms with E-state index in [4.69, 9.17) is 16.0 Å². The number of benzene rings is 1. The third kappa shape index (κ3) is 3.59. The molecule has 0 aliphatic heterocycles. The monoisotopic (exact) mass is 348 g/mol. The molecule has 1 saturated carbocycles. The largest absolute Gasteiger partial charge is 0.451 e. The molecule has 0 saturated heterocycles. The standard InChI is InChI=1S/C17H17ClN2O4/c18-11-6-7-14-12(8-11)13(21)9-15(24-14)17(23)20-19-16(22)10-4-2-1-3-5-10/h6-10H,1-5H2,(H,19,22)(H,20,23). The first-order valence-corrected chi connectivity index (χ1v) is 8.26. The van der Waals surface area contributed by atoms with E-state index in [0.29, 0.717) is 10.4 Å². The Balaban J connectivity index is 1.71. The lowest BCUT2D eigenvalue weighted by atomic mass is 9.89. The van der Waals surface area contributed by atoms with Crippen molar-refractivity contribution in [3.8, 4) is 0 Å². The van der Waals surface area contributed by atoms with Crippen LogP contribution in [-0.4, -0.2) is 11.8 Å². The van der Waals surface area contributed by atoms with E-state index in [1.807, 2.05) is 0 Å². The van der Waals surface area contributed by atoms with Gasteiger partial charge in [0.2, 0.25) is 5.91 Å². The van der Waals surface area contributed by atoms with E-state index in [1.54, 1.807) is 6.07 Å². The molecule has 1 aromatic carbocycles. The summed E-state index contributed by atoms with van der Waals surface area (Å²) in [4.78, 5) is 36.2. The minimum atomic E-state index is -0.673. The quantitative estimate of drug-likeness (QED) is 0.817. The van der Waals surface area contributed by atoms with Crippen LogP contribution in [0.2, 0.25) is 5.02 Å². The van der Waals surface area contributed by atoms with Gasteiger partial charge in [-0.1, -0.05) is 30.9 Å². The van der Waals surface area contributed by atoms with Crippen LogP contribution in [0.4, 0.5) is 0 Å². The third-order valence-electron chi connectivity index (χ3n) is 4.19. The summed E-state index contributed by atoms with van der Waals surface area (Å²) in [5.41, 5.74) is 4.59. The second-order valence-electron chi connectivity index (χ2n) is 5.89. The number of rotatable bonds is 2. The Morgan fingerprint density at radius 2 is 1.83 bits per heavy atom. The summed E-state index contributed by atoms with van der Waals surface area (Å²) in [7, 11) is 0. The van der Waals surface area contributed by atoms with Crippen LogP contribution in [-0.2, 0) is 4.79 Å². The van der Waals surface area contributed by atoms with E-state index in [-0.39, 0.29) is 28.6 Å². The molecule has 0 bridgehead atoms. The summed E-state index contributed by atoms with van der Waals surface area (Å²) in [5.74, 6) is -1.13. The van der Waals surface area contributed by atoms with Gasteiger partial charge in [0.25, 0.3) is 0 Å². The Morgan fingerprint density at radius 1 is 1.08 bits per heavy atom. The maximum atomic E-state index is 12.1. The van der Waals surface area contributed by atoms with E-state index in [2.05, 4.69) is 10.9 Å². The number of halogens is 1. The van der Waals surface area contributed by atoms with Gasteiger partial charge in [-0.15, -0.1) is 0 Å². The zero-order valence-corrected chi connectivity index (χ0v) is 13.7. The first kappa shape index (κ1) is 16.5. The van der Waals surface area contributed by atoms with Crippen LogP contribution in [0.1, 0.15) is 42.7 Å². The molecule has 1 aliphatic carbocycles. The summed E-state index contributed by atoms with van der Waals surface area (Å²) < 4.78 is 5.42. The van der Waals surface area contributed by atoms with Gasteiger partial charge in [0, 0.05) is 17.0 Å². The highest BCUT2D eigenvalue weighted by Crippen LogP contribution is 2.23. The van der Waals surface area contributed by atoms with Crippen LogP contribution >= 0.6 is 11.6 Å². The van der Waals surface area contributed by atoms with Gasteiger partial charge in [-0.25, -0.2) is 0 Å². The Bertz CT molecular complexity index is 840. The Kier molecular flexibility index (Phi) is 4.85. The van der Waals surface area contributed by atoms with Crippen molar-refractivity contribution >= 4 is 34.4 Å². The van der Waals surface area contributed by atoms with Crippen molar-refractivity contribution in [1.82, 2.24) is 10.9 Å². The number of amides is 2. The van der Waals surface area contributed by atoms with E-state index < -0.39 is 5.91 Å². The molecular formula is C17H17ClN2O4. The fourth-order valence-corrected chi connectivity index (χ4v) is 3.06. The maximum absolute atomic E-state index is 12.1. The molecule has 1 aliphatic rings. The zero-order valence-electron chi connectivity index (χ0n) is 12.9. The molecular weight excluding hydrogens is 332 g/mol. The van der Waals surface area contributed by atoms with Crippen LogP contribution in [0.3, 0.4) is 0 Å². The fraction of sp³-hybridized carbons (Fsp3) is 0.353. The van der Waals surface area contributed by atoms with Crippen molar-refractivity contribution in [3.63, 3.8) is 0 Å². The molecule has 2 amide bonds. The van der Waals surface area contributed by atoms with Crippen LogP contribution in [0.15, 0.2) is 33.5 Å². The SMILES string of the molecule is O=C(NNC(=O)C1CCCCC1)c1cc(=O)c2cc(Cl)ccc2o1. The Hall–Kier alpha value is -2.34. The van der Waals surface area contributed by atoms with E-state index in [1.165, 1.54) is 12.1 Å². The van der Waals surface area contributed by atoms with Gasteiger partial charge in [-0.3, -0.25) is 25.2 Å². The number of hydrazine groups is 1. The summed E-state index contributed by atoms with van der Waals surface area (Å²) in [5, 5.41) is 0.706. The molecule has 0 unspecified atom stereocenters. The van der Waals surface area contributed by atoms with Crippen molar-refractivity contribution in [2.75, 3.05) is 0 Å². The number of hydrogen-bond acceptors (Lipinski definition) is 4. The molecule has 7 heteroatoms. The minimum absolute atomic E-state index is 0.0789. The number of nitrogens with one attached hydrogen (secondary N) is 2. The summed E-state index contributed by atoms with van der Waals surface area (Å²) in [6, 6.07) is 5.66. The van der Waals surface area contributed by atoms with E-state index >= 15 is 0 Å². The van der Waals surface area contributed by atoms with Crippen molar-refractivity contribution < 1.29 is 14.0 Å². The van der Waals surface area contributed by atoms with Gasteiger partial charge in [0.05, 0.1) is 5.39 Å². The average molecular weight is 349 g/mol. The van der Waals surface area contributed by atoms with E-state index in [9.17, 15) is 14.4 Å². The van der Waals surface area contributed by atoms with Crippen LogP contribution in [0.5, 0.6) is 0 Å². The number of fused-ring (bicyclic) bond motifs is 1. The van der Waals surface area contributed by atoms with Gasteiger partial charge in [0.15, 0.2) is 11.2 Å². The maximum Gasteiger partial charge on any atom is 0.305 e. The van der Waals surface area contributed by atoms with Crippen molar-refractivity contribution in [2.24, 2.45) is 5.92 Å².